The molecule has 2 aromatic heterocycles. The molecular weight excluding hydrogens is 227 g/mol. The molecule has 0 unspecified atom stereocenters. The third-order valence-electron chi connectivity index (χ3n) is 1.64. The molecular formula is C8H6F3N3S. The van der Waals surface area contributed by atoms with Crippen molar-refractivity contribution in [1.82, 2.24) is 15.2 Å². The molecule has 2 rings (SSSR count). The Labute approximate surface area is 87.0 Å². The summed E-state index contributed by atoms with van der Waals surface area (Å²) in [5, 5.41) is 7.81. The van der Waals surface area contributed by atoms with Gasteiger partial charge in [-0.3, -0.25) is 5.10 Å². The quantitative estimate of drug-likeness (QED) is 0.866. The number of nitrogens with zero attached hydrogens (tertiary/aromatic N) is 2. The van der Waals surface area contributed by atoms with Gasteiger partial charge in [-0.05, 0) is 11.4 Å². The molecule has 2 aromatic rings. The van der Waals surface area contributed by atoms with Gasteiger partial charge >= 0.3 is 6.18 Å². The molecule has 0 saturated heterocycles. The van der Waals surface area contributed by atoms with Crippen LogP contribution in [0.2, 0.25) is 0 Å². The Bertz CT molecular complexity index is 432. The lowest BCUT2D eigenvalue weighted by Crippen LogP contribution is -2.12. The van der Waals surface area contributed by atoms with Crippen LogP contribution >= 0.6 is 11.3 Å². The molecule has 2 heterocycles. The summed E-state index contributed by atoms with van der Waals surface area (Å²) < 4.78 is 36.0. The fourth-order valence-electron chi connectivity index (χ4n) is 1.08. The van der Waals surface area contributed by atoms with Crippen molar-refractivity contribution in [2.24, 2.45) is 0 Å². The first-order chi connectivity index (χ1) is 7.04. The van der Waals surface area contributed by atoms with Crippen LogP contribution in [0.5, 0.6) is 0 Å². The molecule has 0 amide bonds. The highest BCUT2D eigenvalue weighted by molar-refractivity contribution is 7.13. The van der Waals surface area contributed by atoms with Crippen LogP contribution in [0, 0.1) is 0 Å². The van der Waals surface area contributed by atoms with Crippen LogP contribution in [0.25, 0.3) is 10.7 Å². The lowest BCUT2D eigenvalue weighted by atomic mass is 10.4. The van der Waals surface area contributed by atoms with Crippen LogP contribution in [0.1, 0.15) is 5.82 Å². The van der Waals surface area contributed by atoms with Crippen molar-refractivity contribution < 1.29 is 13.2 Å². The fraction of sp³-hybridized carbons (Fsp3) is 0.250. The first-order valence-corrected chi connectivity index (χ1v) is 4.94. The van der Waals surface area contributed by atoms with Crippen LogP contribution in [-0.4, -0.2) is 21.4 Å². The molecule has 0 aliphatic rings. The number of rotatable bonds is 2. The van der Waals surface area contributed by atoms with Crippen LogP contribution < -0.4 is 0 Å². The average molecular weight is 233 g/mol. The molecule has 0 spiro atoms. The van der Waals surface area contributed by atoms with Gasteiger partial charge in [0.2, 0.25) is 0 Å². The van der Waals surface area contributed by atoms with Crippen LogP contribution in [-0.2, 0) is 6.42 Å². The van der Waals surface area contributed by atoms with Crippen molar-refractivity contribution in [2.75, 3.05) is 0 Å². The zero-order valence-electron chi connectivity index (χ0n) is 7.38. The van der Waals surface area contributed by atoms with Gasteiger partial charge in [-0.1, -0.05) is 6.07 Å². The van der Waals surface area contributed by atoms with E-state index in [0.29, 0.717) is 5.82 Å². The number of hydrogen-bond donors (Lipinski definition) is 1. The molecule has 0 fully saturated rings. The van der Waals surface area contributed by atoms with Crippen molar-refractivity contribution >= 4 is 11.3 Å². The topological polar surface area (TPSA) is 41.6 Å². The third kappa shape index (κ3) is 2.56. The zero-order valence-corrected chi connectivity index (χ0v) is 8.19. The highest BCUT2D eigenvalue weighted by Gasteiger charge is 2.29. The smallest absolute Gasteiger partial charge is 0.262 e. The predicted octanol–water partition coefficient (Wildman–Crippen LogP) is 2.64. The molecule has 0 aliphatic heterocycles. The van der Waals surface area contributed by atoms with E-state index in [1.165, 1.54) is 11.3 Å². The Hall–Kier alpha value is -1.37. The van der Waals surface area contributed by atoms with Crippen molar-refractivity contribution in [3.05, 3.63) is 23.3 Å². The van der Waals surface area contributed by atoms with E-state index in [2.05, 4.69) is 15.2 Å². The predicted molar refractivity (Wildman–Crippen MR) is 49.5 cm³/mol. The van der Waals surface area contributed by atoms with Gasteiger partial charge in [-0.15, -0.1) is 11.3 Å². The van der Waals surface area contributed by atoms with E-state index < -0.39 is 12.6 Å². The van der Waals surface area contributed by atoms with E-state index in [-0.39, 0.29) is 5.82 Å². The van der Waals surface area contributed by atoms with Gasteiger partial charge in [0.25, 0.3) is 0 Å². The SMILES string of the molecule is FC(F)(F)Cc1nc(-c2cccs2)n[nH]1. The van der Waals surface area contributed by atoms with E-state index in [1.807, 2.05) is 5.38 Å². The van der Waals surface area contributed by atoms with E-state index >= 15 is 0 Å². The van der Waals surface area contributed by atoms with E-state index in [1.54, 1.807) is 12.1 Å². The first kappa shape index (κ1) is 10.2. The molecule has 0 saturated carbocycles. The maximum absolute atomic E-state index is 12.0. The Morgan fingerprint density at radius 2 is 2.20 bits per heavy atom. The number of H-pyrrole nitrogens is 1. The molecule has 7 heteroatoms. The Morgan fingerprint density at radius 3 is 2.80 bits per heavy atom. The third-order valence-corrected chi connectivity index (χ3v) is 2.51. The minimum atomic E-state index is -4.26. The monoisotopic (exact) mass is 233 g/mol. The summed E-state index contributed by atoms with van der Waals surface area (Å²) in [7, 11) is 0. The van der Waals surface area contributed by atoms with E-state index in [9.17, 15) is 13.2 Å². The highest BCUT2D eigenvalue weighted by Crippen LogP contribution is 2.23. The number of aromatic nitrogens is 3. The molecule has 0 aromatic carbocycles. The number of hydrogen-bond acceptors (Lipinski definition) is 3. The number of alkyl halides is 3. The summed E-state index contributed by atoms with van der Waals surface area (Å²) >= 11 is 1.38. The summed E-state index contributed by atoms with van der Waals surface area (Å²) in [5.74, 6) is 0.148. The lowest BCUT2D eigenvalue weighted by molar-refractivity contribution is -0.128. The second-order valence-electron chi connectivity index (χ2n) is 2.87. The van der Waals surface area contributed by atoms with Crippen molar-refractivity contribution in [3.63, 3.8) is 0 Å². The molecule has 0 aliphatic carbocycles. The Kier molecular flexibility index (Phi) is 2.47. The number of aromatic amines is 1. The van der Waals surface area contributed by atoms with Crippen LogP contribution in [0.3, 0.4) is 0 Å². The summed E-state index contributed by atoms with van der Waals surface area (Å²) in [6, 6.07) is 3.55. The zero-order chi connectivity index (χ0) is 10.9. The number of halogens is 3. The molecule has 1 N–H and O–H groups in total. The first-order valence-electron chi connectivity index (χ1n) is 4.06. The van der Waals surface area contributed by atoms with Crippen LogP contribution in [0.4, 0.5) is 13.2 Å². The normalized spacial score (nSPS) is 11.9. The molecule has 0 atom stereocenters. The van der Waals surface area contributed by atoms with Gasteiger partial charge in [0, 0.05) is 0 Å². The van der Waals surface area contributed by atoms with E-state index in [4.69, 9.17) is 0 Å². The molecule has 0 radical (unpaired) electrons. The van der Waals surface area contributed by atoms with Gasteiger partial charge in [0.15, 0.2) is 5.82 Å². The lowest BCUT2D eigenvalue weighted by Gasteiger charge is -2.00. The van der Waals surface area contributed by atoms with Crippen molar-refractivity contribution in [1.29, 1.82) is 0 Å². The van der Waals surface area contributed by atoms with Gasteiger partial charge in [0.1, 0.15) is 12.2 Å². The fourth-order valence-corrected chi connectivity index (χ4v) is 1.74. The molecule has 3 nitrogen and oxygen atoms in total. The maximum atomic E-state index is 12.0. The molecule has 15 heavy (non-hydrogen) atoms. The summed E-state index contributed by atoms with van der Waals surface area (Å²) in [5.41, 5.74) is 0. The minimum Gasteiger partial charge on any atom is -0.262 e. The van der Waals surface area contributed by atoms with E-state index in [0.717, 1.165) is 4.88 Å². The second kappa shape index (κ2) is 3.65. The Balaban J connectivity index is 2.18. The summed E-state index contributed by atoms with van der Waals surface area (Å²) in [6.45, 7) is 0. The average Bonchev–Trinajstić information content (AvgIpc) is 2.68. The maximum Gasteiger partial charge on any atom is 0.396 e. The standard InChI is InChI=1S/C8H6F3N3S/c9-8(10,11)4-6-12-7(14-13-6)5-2-1-3-15-5/h1-3H,4H2,(H,12,13,14). The van der Waals surface area contributed by atoms with Gasteiger partial charge in [-0.25, -0.2) is 4.98 Å². The number of thiophene rings is 1. The van der Waals surface area contributed by atoms with Crippen molar-refractivity contribution in [3.8, 4) is 10.7 Å². The minimum absolute atomic E-state index is 0.161. The summed E-state index contributed by atoms with van der Waals surface area (Å²) in [4.78, 5) is 4.51. The van der Waals surface area contributed by atoms with Crippen LogP contribution in [0.15, 0.2) is 17.5 Å². The summed E-state index contributed by atoms with van der Waals surface area (Å²) in [6.07, 6.45) is -5.34. The largest absolute Gasteiger partial charge is 0.396 e. The highest BCUT2D eigenvalue weighted by atomic mass is 32.1. The van der Waals surface area contributed by atoms with Crippen molar-refractivity contribution in [2.45, 2.75) is 12.6 Å². The van der Waals surface area contributed by atoms with Gasteiger partial charge in [-0.2, -0.15) is 18.3 Å². The second-order valence-corrected chi connectivity index (χ2v) is 3.82. The Morgan fingerprint density at radius 1 is 1.40 bits per heavy atom. The molecule has 0 bridgehead atoms. The van der Waals surface area contributed by atoms with Gasteiger partial charge < -0.3 is 0 Å². The molecule has 80 valence electrons. The number of nitrogens with one attached hydrogen (secondary N) is 1. The van der Waals surface area contributed by atoms with Gasteiger partial charge in [0.05, 0.1) is 4.88 Å².